The number of nitrogens with zero attached hydrogens (tertiary/aromatic N) is 1. The summed E-state index contributed by atoms with van der Waals surface area (Å²) in [6.07, 6.45) is 0. The smallest absolute Gasteiger partial charge is 0.118 e. The van der Waals surface area contributed by atoms with Crippen LogP contribution in [0, 0.1) is 0 Å². The molecule has 1 aromatic carbocycles. The summed E-state index contributed by atoms with van der Waals surface area (Å²) in [6.45, 7) is 4.11. The minimum absolute atomic E-state index is 0.554. The molecule has 0 spiro atoms. The minimum atomic E-state index is 0.554. The van der Waals surface area contributed by atoms with Gasteiger partial charge >= 0.3 is 0 Å². The highest BCUT2D eigenvalue weighted by Gasteiger charge is 2.02. The number of hydrogen-bond acceptors (Lipinski definition) is 3. The second kappa shape index (κ2) is 6.51. The maximum absolute atomic E-state index is 5.12. The second-order valence-electron chi connectivity index (χ2n) is 4.29. The van der Waals surface area contributed by atoms with Crippen LogP contribution in [0.25, 0.3) is 0 Å². The van der Waals surface area contributed by atoms with E-state index in [1.165, 1.54) is 5.56 Å². The first-order valence-electron chi connectivity index (χ1n) is 5.63. The average molecular weight is 222 g/mol. The van der Waals surface area contributed by atoms with Crippen molar-refractivity contribution < 1.29 is 4.74 Å². The normalized spacial score (nSPS) is 12.8. The van der Waals surface area contributed by atoms with Gasteiger partial charge in [0.1, 0.15) is 5.75 Å². The number of methoxy groups -OCH3 is 1. The molecule has 0 bridgehead atoms. The first-order valence-corrected chi connectivity index (χ1v) is 5.63. The van der Waals surface area contributed by atoms with Crippen LogP contribution in [-0.2, 0) is 6.54 Å². The van der Waals surface area contributed by atoms with Gasteiger partial charge in [0.05, 0.1) is 7.11 Å². The van der Waals surface area contributed by atoms with Crippen molar-refractivity contribution in [1.82, 2.24) is 10.2 Å². The highest BCUT2D eigenvalue weighted by Crippen LogP contribution is 2.10. The molecule has 1 unspecified atom stereocenters. The summed E-state index contributed by atoms with van der Waals surface area (Å²) in [5.41, 5.74) is 1.28. The van der Waals surface area contributed by atoms with E-state index in [1.807, 2.05) is 12.1 Å². The van der Waals surface area contributed by atoms with E-state index in [4.69, 9.17) is 4.74 Å². The van der Waals surface area contributed by atoms with Crippen molar-refractivity contribution >= 4 is 0 Å². The predicted octanol–water partition coefficient (Wildman–Crippen LogP) is 1.73. The molecule has 0 saturated heterocycles. The van der Waals surface area contributed by atoms with Crippen LogP contribution in [0.1, 0.15) is 12.5 Å². The Morgan fingerprint density at radius 2 is 1.88 bits per heavy atom. The van der Waals surface area contributed by atoms with Crippen molar-refractivity contribution in [2.45, 2.75) is 19.5 Å². The Bertz CT molecular complexity index is 295. The van der Waals surface area contributed by atoms with Gasteiger partial charge in [-0.25, -0.2) is 0 Å². The third-order valence-corrected chi connectivity index (χ3v) is 2.81. The summed E-state index contributed by atoms with van der Waals surface area (Å²) in [5, 5.41) is 3.44. The minimum Gasteiger partial charge on any atom is -0.497 e. The third-order valence-electron chi connectivity index (χ3n) is 2.81. The molecule has 1 N–H and O–H groups in total. The summed E-state index contributed by atoms with van der Waals surface area (Å²) in [4.78, 5) is 2.21. The zero-order valence-corrected chi connectivity index (χ0v) is 10.7. The Hall–Kier alpha value is -1.06. The molecule has 0 aliphatic carbocycles. The van der Waals surface area contributed by atoms with Crippen LogP contribution in [0.15, 0.2) is 24.3 Å². The van der Waals surface area contributed by atoms with E-state index in [9.17, 15) is 0 Å². The SMILES string of the molecule is COc1ccc(CNCC(C)N(C)C)cc1. The van der Waals surface area contributed by atoms with E-state index >= 15 is 0 Å². The molecular weight excluding hydrogens is 200 g/mol. The molecule has 0 saturated carbocycles. The predicted molar refractivity (Wildman–Crippen MR) is 67.8 cm³/mol. The van der Waals surface area contributed by atoms with E-state index in [-0.39, 0.29) is 0 Å². The number of hydrogen-bond donors (Lipinski definition) is 1. The lowest BCUT2D eigenvalue weighted by atomic mass is 10.2. The molecular formula is C13H22N2O. The van der Waals surface area contributed by atoms with Gasteiger partial charge in [0.25, 0.3) is 0 Å². The maximum Gasteiger partial charge on any atom is 0.118 e. The summed E-state index contributed by atoms with van der Waals surface area (Å²) in [6, 6.07) is 8.72. The van der Waals surface area contributed by atoms with Crippen LogP contribution >= 0.6 is 0 Å². The van der Waals surface area contributed by atoms with Crippen molar-refractivity contribution in [3.8, 4) is 5.75 Å². The Balaban J connectivity index is 2.31. The maximum atomic E-state index is 5.12. The molecule has 0 aromatic heterocycles. The Labute approximate surface area is 98.4 Å². The van der Waals surface area contributed by atoms with Gasteiger partial charge in [-0.1, -0.05) is 12.1 Å². The first-order chi connectivity index (χ1) is 7.63. The van der Waals surface area contributed by atoms with Gasteiger partial charge in [-0.05, 0) is 38.7 Å². The standard InChI is InChI=1S/C13H22N2O/c1-11(15(2)3)9-14-10-12-5-7-13(16-4)8-6-12/h5-8,11,14H,9-10H2,1-4H3. The Kier molecular flexibility index (Phi) is 5.29. The zero-order chi connectivity index (χ0) is 12.0. The van der Waals surface area contributed by atoms with Crippen LogP contribution in [0.5, 0.6) is 5.75 Å². The fourth-order valence-electron chi connectivity index (χ4n) is 1.35. The monoisotopic (exact) mass is 222 g/mol. The molecule has 3 nitrogen and oxygen atoms in total. The first kappa shape index (κ1) is 13.0. The van der Waals surface area contributed by atoms with Crippen molar-refractivity contribution in [2.75, 3.05) is 27.7 Å². The lowest BCUT2D eigenvalue weighted by molar-refractivity contribution is 0.302. The van der Waals surface area contributed by atoms with Crippen molar-refractivity contribution in [2.24, 2.45) is 0 Å². The zero-order valence-electron chi connectivity index (χ0n) is 10.7. The number of rotatable bonds is 6. The summed E-state index contributed by atoms with van der Waals surface area (Å²) < 4.78 is 5.12. The van der Waals surface area contributed by atoms with Crippen LogP contribution < -0.4 is 10.1 Å². The fraction of sp³-hybridized carbons (Fsp3) is 0.538. The molecule has 0 aliphatic heterocycles. The van der Waals surface area contributed by atoms with Crippen LogP contribution in [0.3, 0.4) is 0 Å². The second-order valence-corrected chi connectivity index (χ2v) is 4.29. The van der Waals surface area contributed by atoms with Gasteiger partial charge in [-0.3, -0.25) is 0 Å². The highest BCUT2D eigenvalue weighted by atomic mass is 16.5. The molecule has 90 valence electrons. The lowest BCUT2D eigenvalue weighted by Crippen LogP contribution is -2.35. The van der Waals surface area contributed by atoms with Crippen molar-refractivity contribution in [1.29, 1.82) is 0 Å². The van der Waals surface area contributed by atoms with Gasteiger partial charge in [0.15, 0.2) is 0 Å². The Morgan fingerprint density at radius 1 is 1.25 bits per heavy atom. The van der Waals surface area contributed by atoms with E-state index in [0.717, 1.165) is 18.8 Å². The van der Waals surface area contributed by atoms with Crippen LogP contribution in [0.4, 0.5) is 0 Å². The molecule has 1 atom stereocenters. The molecule has 3 heteroatoms. The number of likely N-dealkylation sites (N-methyl/N-ethyl adjacent to an activating group) is 1. The largest absolute Gasteiger partial charge is 0.497 e. The van der Waals surface area contributed by atoms with Crippen LogP contribution in [-0.4, -0.2) is 38.7 Å². The van der Waals surface area contributed by atoms with E-state index in [2.05, 4.69) is 43.4 Å². The van der Waals surface area contributed by atoms with E-state index < -0.39 is 0 Å². The van der Waals surface area contributed by atoms with Gasteiger partial charge in [0.2, 0.25) is 0 Å². The number of nitrogens with one attached hydrogen (secondary N) is 1. The van der Waals surface area contributed by atoms with E-state index in [0.29, 0.717) is 6.04 Å². The van der Waals surface area contributed by atoms with Gasteiger partial charge in [-0.2, -0.15) is 0 Å². The molecule has 0 fully saturated rings. The number of ether oxygens (including phenoxy) is 1. The molecule has 16 heavy (non-hydrogen) atoms. The molecule has 0 radical (unpaired) electrons. The average Bonchev–Trinajstić information content (AvgIpc) is 2.29. The summed E-state index contributed by atoms with van der Waals surface area (Å²) in [5.74, 6) is 0.908. The third kappa shape index (κ3) is 4.21. The molecule has 1 rings (SSSR count). The van der Waals surface area contributed by atoms with Crippen molar-refractivity contribution in [3.63, 3.8) is 0 Å². The quantitative estimate of drug-likeness (QED) is 0.793. The molecule has 1 aromatic rings. The topological polar surface area (TPSA) is 24.5 Å². The summed E-state index contributed by atoms with van der Waals surface area (Å²) in [7, 11) is 5.88. The fourth-order valence-corrected chi connectivity index (χ4v) is 1.35. The Morgan fingerprint density at radius 3 is 2.38 bits per heavy atom. The molecule has 0 heterocycles. The van der Waals surface area contributed by atoms with Crippen molar-refractivity contribution in [3.05, 3.63) is 29.8 Å². The van der Waals surface area contributed by atoms with Crippen LogP contribution in [0.2, 0.25) is 0 Å². The number of benzene rings is 1. The summed E-state index contributed by atoms with van der Waals surface area (Å²) >= 11 is 0. The lowest BCUT2D eigenvalue weighted by Gasteiger charge is -2.20. The van der Waals surface area contributed by atoms with Gasteiger partial charge in [-0.15, -0.1) is 0 Å². The molecule has 0 aliphatic rings. The van der Waals surface area contributed by atoms with Gasteiger partial charge < -0.3 is 15.0 Å². The van der Waals surface area contributed by atoms with E-state index in [1.54, 1.807) is 7.11 Å². The highest BCUT2D eigenvalue weighted by molar-refractivity contribution is 5.26. The van der Waals surface area contributed by atoms with Gasteiger partial charge in [0, 0.05) is 19.1 Å². The molecule has 0 amide bonds.